The summed E-state index contributed by atoms with van der Waals surface area (Å²) in [7, 11) is 0. The number of aromatic nitrogens is 3. The third-order valence-corrected chi connectivity index (χ3v) is 2.57. The molecule has 2 rings (SSSR count). The molecule has 0 unspecified atom stereocenters. The minimum atomic E-state index is 0.534. The van der Waals surface area contributed by atoms with E-state index >= 15 is 0 Å². The zero-order chi connectivity index (χ0) is 9.97. The minimum Gasteiger partial charge on any atom is -0.428 e. The van der Waals surface area contributed by atoms with Crippen LogP contribution in [0.1, 0.15) is 5.82 Å². The van der Waals surface area contributed by atoms with Crippen LogP contribution in [0.15, 0.2) is 22.9 Å². The number of ether oxygens (including phenoxy) is 1. The van der Waals surface area contributed by atoms with E-state index in [1.54, 1.807) is 6.20 Å². The van der Waals surface area contributed by atoms with Gasteiger partial charge in [0.2, 0.25) is 0 Å². The largest absolute Gasteiger partial charge is 0.428 e. The van der Waals surface area contributed by atoms with Crippen LogP contribution in [0.2, 0.25) is 0 Å². The van der Waals surface area contributed by atoms with Crippen molar-refractivity contribution in [2.24, 2.45) is 0 Å². The van der Waals surface area contributed by atoms with Gasteiger partial charge < -0.3 is 4.74 Å². The van der Waals surface area contributed by atoms with E-state index < -0.39 is 0 Å². The second-order valence-electron chi connectivity index (χ2n) is 2.53. The highest BCUT2D eigenvalue weighted by molar-refractivity contribution is 9.10. The molecule has 0 aliphatic rings. The molecule has 14 heavy (non-hydrogen) atoms. The van der Waals surface area contributed by atoms with Crippen LogP contribution in [0.5, 0.6) is 10.9 Å². The normalized spacial score (nSPS) is 10.1. The van der Waals surface area contributed by atoms with Crippen molar-refractivity contribution < 1.29 is 4.74 Å². The molecule has 0 atom stereocenters. The average Bonchev–Trinajstić information content (AvgIpc) is 2.56. The first-order valence-electron chi connectivity index (χ1n) is 3.84. The molecule has 0 bridgehead atoms. The quantitative estimate of drug-likeness (QED) is 0.789. The summed E-state index contributed by atoms with van der Waals surface area (Å²) in [5.41, 5.74) is 0. The minimum absolute atomic E-state index is 0.534. The first-order chi connectivity index (χ1) is 6.74. The molecule has 0 spiro atoms. The average molecular weight is 272 g/mol. The lowest BCUT2D eigenvalue weighted by molar-refractivity contribution is 0.475. The van der Waals surface area contributed by atoms with Gasteiger partial charge in [0.15, 0.2) is 0 Å². The number of nitrogens with zero attached hydrogens (tertiary/aromatic N) is 3. The highest BCUT2D eigenvalue weighted by Crippen LogP contribution is 2.22. The van der Waals surface area contributed by atoms with Crippen molar-refractivity contribution in [2.75, 3.05) is 0 Å². The lowest BCUT2D eigenvalue weighted by Crippen LogP contribution is -1.84. The van der Waals surface area contributed by atoms with Gasteiger partial charge in [0.1, 0.15) is 16.2 Å². The van der Waals surface area contributed by atoms with E-state index in [-0.39, 0.29) is 0 Å². The molecule has 2 aromatic rings. The fourth-order valence-electron chi connectivity index (χ4n) is 0.843. The number of pyridine rings is 1. The van der Waals surface area contributed by atoms with Crippen molar-refractivity contribution in [3.05, 3.63) is 28.8 Å². The predicted octanol–water partition coefficient (Wildman–Crippen LogP) is 2.80. The van der Waals surface area contributed by atoms with E-state index in [1.165, 1.54) is 11.5 Å². The zero-order valence-electron chi connectivity index (χ0n) is 7.27. The third-order valence-electron chi connectivity index (χ3n) is 1.41. The number of halogens is 1. The Morgan fingerprint density at radius 1 is 1.43 bits per heavy atom. The Hall–Kier alpha value is -1.01. The maximum Gasteiger partial charge on any atom is 0.298 e. The van der Waals surface area contributed by atoms with Gasteiger partial charge >= 0.3 is 0 Å². The predicted molar refractivity (Wildman–Crippen MR) is 56.7 cm³/mol. The van der Waals surface area contributed by atoms with Crippen LogP contribution in [-0.4, -0.2) is 14.3 Å². The topological polar surface area (TPSA) is 47.9 Å². The molecular formula is C8H6BrN3OS. The zero-order valence-corrected chi connectivity index (χ0v) is 9.67. The molecule has 0 saturated heterocycles. The van der Waals surface area contributed by atoms with Crippen LogP contribution in [0, 0.1) is 6.92 Å². The Morgan fingerprint density at radius 2 is 2.29 bits per heavy atom. The second kappa shape index (κ2) is 4.02. The number of hydrogen-bond donors (Lipinski definition) is 0. The molecule has 72 valence electrons. The van der Waals surface area contributed by atoms with Gasteiger partial charge in [-0.2, -0.15) is 9.36 Å². The van der Waals surface area contributed by atoms with E-state index in [0.717, 1.165) is 10.4 Å². The van der Waals surface area contributed by atoms with Gasteiger partial charge in [-0.15, -0.1) is 0 Å². The maximum atomic E-state index is 5.42. The van der Waals surface area contributed by atoms with Gasteiger partial charge in [0.25, 0.3) is 5.19 Å². The van der Waals surface area contributed by atoms with E-state index in [2.05, 4.69) is 30.3 Å². The molecule has 6 heteroatoms. The van der Waals surface area contributed by atoms with Gasteiger partial charge in [0.05, 0.1) is 6.20 Å². The highest BCUT2D eigenvalue weighted by atomic mass is 79.9. The molecule has 2 heterocycles. The van der Waals surface area contributed by atoms with E-state index in [1.807, 2.05) is 19.1 Å². The highest BCUT2D eigenvalue weighted by Gasteiger charge is 2.02. The smallest absolute Gasteiger partial charge is 0.298 e. The van der Waals surface area contributed by atoms with Crippen LogP contribution < -0.4 is 4.74 Å². The van der Waals surface area contributed by atoms with Gasteiger partial charge in [-0.1, -0.05) is 0 Å². The van der Waals surface area contributed by atoms with Gasteiger partial charge in [-0.25, -0.2) is 4.98 Å². The molecule has 0 N–H and O–H groups in total. The SMILES string of the molecule is Cc1nsc(Oc2ccc(Br)nc2)n1. The fraction of sp³-hybridized carbons (Fsp3) is 0.125. The third kappa shape index (κ3) is 2.27. The summed E-state index contributed by atoms with van der Waals surface area (Å²) in [5.74, 6) is 1.37. The van der Waals surface area contributed by atoms with Crippen molar-refractivity contribution in [1.82, 2.24) is 14.3 Å². The van der Waals surface area contributed by atoms with Crippen LogP contribution in [0.25, 0.3) is 0 Å². The monoisotopic (exact) mass is 271 g/mol. The van der Waals surface area contributed by atoms with Crippen LogP contribution in [0.4, 0.5) is 0 Å². The van der Waals surface area contributed by atoms with Crippen molar-refractivity contribution in [3.63, 3.8) is 0 Å². The van der Waals surface area contributed by atoms with E-state index in [9.17, 15) is 0 Å². The lowest BCUT2D eigenvalue weighted by atomic mass is 10.5. The van der Waals surface area contributed by atoms with Crippen LogP contribution >= 0.6 is 27.5 Å². The molecule has 4 nitrogen and oxygen atoms in total. The Kier molecular flexibility index (Phi) is 2.74. The van der Waals surface area contributed by atoms with E-state index in [0.29, 0.717) is 10.9 Å². The molecule has 2 aromatic heterocycles. The Bertz CT molecular complexity index is 428. The first-order valence-corrected chi connectivity index (χ1v) is 5.40. The summed E-state index contributed by atoms with van der Waals surface area (Å²) in [4.78, 5) is 8.10. The molecule has 0 aliphatic carbocycles. The number of hydrogen-bond acceptors (Lipinski definition) is 5. The van der Waals surface area contributed by atoms with Gasteiger partial charge in [0, 0.05) is 11.5 Å². The van der Waals surface area contributed by atoms with Crippen molar-refractivity contribution in [3.8, 4) is 10.9 Å². The molecule has 0 saturated carbocycles. The second-order valence-corrected chi connectivity index (χ2v) is 4.05. The first kappa shape index (κ1) is 9.54. The summed E-state index contributed by atoms with van der Waals surface area (Å²) in [5, 5.41) is 0.534. The summed E-state index contributed by atoms with van der Waals surface area (Å²) in [6, 6.07) is 3.62. The van der Waals surface area contributed by atoms with Crippen molar-refractivity contribution in [1.29, 1.82) is 0 Å². The molecule has 0 fully saturated rings. The molecule has 0 amide bonds. The van der Waals surface area contributed by atoms with Crippen molar-refractivity contribution in [2.45, 2.75) is 6.92 Å². The van der Waals surface area contributed by atoms with Crippen molar-refractivity contribution >= 4 is 27.5 Å². The molecule has 0 aromatic carbocycles. The van der Waals surface area contributed by atoms with E-state index in [4.69, 9.17) is 4.74 Å². The van der Waals surface area contributed by atoms with Crippen LogP contribution in [0.3, 0.4) is 0 Å². The number of rotatable bonds is 2. The Labute approximate surface area is 93.3 Å². The summed E-state index contributed by atoms with van der Waals surface area (Å²) in [6.07, 6.45) is 1.63. The molecular weight excluding hydrogens is 266 g/mol. The maximum absolute atomic E-state index is 5.42. The Morgan fingerprint density at radius 3 is 2.86 bits per heavy atom. The van der Waals surface area contributed by atoms with Gasteiger partial charge in [-0.3, -0.25) is 0 Å². The molecule has 0 aliphatic heterocycles. The molecule has 0 radical (unpaired) electrons. The summed E-state index contributed by atoms with van der Waals surface area (Å²) < 4.78 is 10.2. The Balaban J connectivity index is 2.15. The standard InChI is InChI=1S/C8H6BrN3OS/c1-5-11-8(14-12-5)13-6-2-3-7(9)10-4-6/h2-4H,1H3. The van der Waals surface area contributed by atoms with Gasteiger partial charge in [-0.05, 0) is 35.0 Å². The lowest BCUT2D eigenvalue weighted by Gasteiger charge is -1.98. The van der Waals surface area contributed by atoms with Crippen LogP contribution in [-0.2, 0) is 0 Å². The summed E-state index contributed by atoms with van der Waals surface area (Å²) >= 11 is 4.47. The number of aryl methyl sites for hydroxylation is 1. The summed E-state index contributed by atoms with van der Waals surface area (Å²) in [6.45, 7) is 1.82. The fourth-order valence-corrected chi connectivity index (χ4v) is 1.63.